The van der Waals surface area contributed by atoms with Crippen molar-refractivity contribution in [2.75, 3.05) is 16.6 Å². The summed E-state index contributed by atoms with van der Waals surface area (Å²) >= 11 is 0. The fourth-order valence-corrected chi connectivity index (χ4v) is 3.60. The Hall–Kier alpha value is -3.06. The minimum Gasteiger partial charge on any atom is -0.494 e. The first-order valence-corrected chi connectivity index (χ1v) is 10.4. The average Bonchev–Trinajstić information content (AvgIpc) is 2.67. The van der Waals surface area contributed by atoms with Gasteiger partial charge in [0.1, 0.15) is 11.6 Å². The van der Waals surface area contributed by atoms with Crippen LogP contribution >= 0.6 is 0 Å². The van der Waals surface area contributed by atoms with Crippen LogP contribution in [-0.4, -0.2) is 20.0 Å². The largest absolute Gasteiger partial charge is 0.494 e. The van der Waals surface area contributed by atoms with Crippen molar-refractivity contribution in [1.29, 1.82) is 0 Å². The van der Waals surface area contributed by atoms with Crippen LogP contribution in [0.4, 0.5) is 17.2 Å². The molecule has 0 spiro atoms. The minimum absolute atomic E-state index is 0.148. The second-order valence-corrected chi connectivity index (χ2v) is 8.05. The van der Waals surface area contributed by atoms with Crippen LogP contribution in [0.2, 0.25) is 0 Å². The summed E-state index contributed by atoms with van der Waals surface area (Å²) in [4.78, 5) is 4.34. The molecule has 2 aromatic carbocycles. The van der Waals surface area contributed by atoms with Gasteiger partial charge in [-0.2, -0.15) is 0 Å². The van der Waals surface area contributed by atoms with Crippen molar-refractivity contribution >= 4 is 27.2 Å². The van der Waals surface area contributed by atoms with Crippen molar-refractivity contribution in [3.8, 4) is 5.75 Å². The second-order valence-electron chi connectivity index (χ2n) is 6.37. The molecule has 3 rings (SSSR count). The highest BCUT2D eigenvalue weighted by molar-refractivity contribution is 7.92. The third-order valence-electron chi connectivity index (χ3n) is 4.24. The van der Waals surface area contributed by atoms with Crippen LogP contribution in [0.15, 0.2) is 65.7 Å². The highest BCUT2D eigenvalue weighted by Crippen LogP contribution is 2.22. The predicted molar refractivity (Wildman–Crippen MR) is 112 cm³/mol. The van der Waals surface area contributed by atoms with E-state index in [1.54, 1.807) is 30.5 Å². The van der Waals surface area contributed by atoms with E-state index in [1.165, 1.54) is 23.3 Å². The molecule has 0 fully saturated rings. The number of ether oxygens (including phenoxy) is 1. The molecule has 0 aliphatic heterocycles. The van der Waals surface area contributed by atoms with Gasteiger partial charge in [0.25, 0.3) is 10.0 Å². The lowest BCUT2D eigenvalue weighted by atomic mass is 10.1. The van der Waals surface area contributed by atoms with E-state index < -0.39 is 10.0 Å². The molecule has 3 aromatic rings. The summed E-state index contributed by atoms with van der Waals surface area (Å²) in [5, 5.41) is 3.26. The molecule has 0 unspecified atom stereocenters. The Labute approximate surface area is 165 Å². The zero-order valence-electron chi connectivity index (χ0n) is 16.1. The van der Waals surface area contributed by atoms with E-state index >= 15 is 0 Å². The summed E-state index contributed by atoms with van der Waals surface area (Å²) in [6.45, 7) is 6.51. The lowest BCUT2D eigenvalue weighted by Crippen LogP contribution is -2.13. The molecule has 2 N–H and O–H groups in total. The highest BCUT2D eigenvalue weighted by atomic mass is 32.2. The van der Waals surface area contributed by atoms with Gasteiger partial charge in [-0.3, -0.25) is 4.72 Å². The number of sulfonamides is 1. The number of benzene rings is 2. The maximum absolute atomic E-state index is 12.5. The summed E-state index contributed by atoms with van der Waals surface area (Å²) in [5.74, 6) is 0.876. The quantitative estimate of drug-likeness (QED) is 0.607. The first-order valence-electron chi connectivity index (χ1n) is 8.93. The molecule has 28 heavy (non-hydrogen) atoms. The second kappa shape index (κ2) is 8.31. The molecule has 0 amide bonds. The molecule has 0 radical (unpaired) electrons. The Bertz CT molecular complexity index is 1050. The smallest absolute Gasteiger partial charge is 0.263 e. The normalized spacial score (nSPS) is 11.1. The number of nitrogens with one attached hydrogen (secondary N) is 2. The van der Waals surface area contributed by atoms with Crippen molar-refractivity contribution in [3.05, 3.63) is 71.9 Å². The number of nitrogens with zero attached hydrogens (tertiary/aromatic N) is 1. The third kappa shape index (κ3) is 4.80. The Morgan fingerprint density at radius 2 is 1.64 bits per heavy atom. The van der Waals surface area contributed by atoms with Gasteiger partial charge in [-0.15, -0.1) is 0 Å². The van der Waals surface area contributed by atoms with E-state index in [1.807, 2.05) is 19.1 Å². The van der Waals surface area contributed by atoms with Crippen molar-refractivity contribution in [2.45, 2.75) is 25.7 Å². The van der Waals surface area contributed by atoms with Gasteiger partial charge in [0, 0.05) is 5.69 Å². The number of aromatic nitrogens is 1. The predicted octanol–water partition coefficient (Wildman–Crippen LogP) is 4.64. The molecular weight excluding hydrogens is 374 g/mol. The Balaban J connectivity index is 1.69. The maximum atomic E-state index is 12.5. The topological polar surface area (TPSA) is 80.3 Å². The van der Waals surface area contributed by atoms with Gasteiger partial charge < -0.3 is 10.1 Å². The molecule has 7 heteroatoms. The number of anilines is 3. The van der Waals surface area contributed by atoms with Crippen LogP contribution in [0.1, 0.15) is 18.1 Å². The highest BCUT2D eigenvalue weighted by Gasteiger charge is 2.15. The molecular formula is C21H23N3O3S. The zero-order valence-corrected chi connectivity index (χ0v) is 16.9. The molecule has 1 heterocycles. The maximum Gasteiger partial charge on any atom is 0.263 e. The van der Waals surface area contributed by atoms with Gasteiger partial charge in [0.05, 0.1) is 23.4 Å². The Morgan fingerprint density at radius 3 is 2.25 bits per heavy atom. The molecule has 0 atom stereocenters. The van der Waals surface area contributed by atoms with E-state index in [-0.39, 0.29) is 10.7 Å². The number of rotatable bonds is 7. The summed E-state index contributed by atoms with van der Waals surface area (Å²) in [7, 11) is -3.72. The summed E-state index contributed by atoms with van der Waals surface area (Å²) in [5.41, 5.74) is 4.14. The SMILES string of the molecule is CCOc1ccc(S(=O)(=O)Nc2ccc(Nc3ccc(C)c(C)c3)cn2)cc1. The van der Waals surface area contributed by atoms with E-state index in [9.17, 15) is 8.42 Å². The lowest BCUT2D eigenvalue weighted by Gasteiger charge is -2.11. The molecule has 0 aliphatic rings. The summed E-state index contributed by atoms with van der Waals surface area (Å²) in [6, 6.07) is 15.7. The Morgan fingerprint density at radius 1 is 0.929 bits per heavy atom. The van der Waals surface area contributed by atoms with Gasteiger partial charge >= 0.3 is 0 Å². The Kier molecular flexibility index (Phi) is 5.84. The number of hydrogen-bond acceptors (Lipinski definition) is 5. The molecule has 0 bridgehead atoms. The third-order valence-corrected chi connectivity index (χ3v) is 5.61. The number of hydrogen-bond donors (Lipinski definition) is 2. The lowest BCUT2D eigenvalue weighted by molar-refractivity contribution is 0.340. The van der Waals surface area contributed by atoms with Crippen LogP contribution in [-0.2, 0) is 10.0 Å². The molecule has 6 nitrogen and oxygen atoms in total. The molecule has 1 aromatic heterocycles. The van der Waals surface area contributed by atoms with E-state index in [2.05, 4.69) is 34.9 Å². The van der Waals surface area contributed by atoms with Crippen molar-refractivity contribution in [3.63, 3.8) is 0 Å². The van der Waals surface area contributed by atoms with Gasteiger partial charge in [-0.1, -0.05) is 6.07 Å². The molecule has 0 saturated heterocycles. The van der Waals surface area contributed by atoms with Crippen molar-refractivity contribution < 1.29 is 13.2 Å². The number of pyridine rings is 1. The van der Waals surface area contributed by atoms with Crippen molar-refractivity contribution in [2.24, 2.45) is 0 Å². The molecule has 0 saturated carbocycles. The van der Waals surface area contributed by atoms with Crippen LogP contribution in [0.3, 0.4) is 0 Å². The van der Waals surface area contributed by atoms with Crippen LogP contribution < -0.4 is 14.8 Å². The summed E-state index contributed by atoms with van der Waals surface area (Å²) < 4.78 is 32.8. The molecule has 146 valence electrons. The van der Waals surface area contributed by atoms with Crippen LogP contribution in [0.5, 0.6) is 5.75 Å². The number of aryl methyl sites for hydroxylation is 2. The monoisotopic (exact) mass is 397 g/mol. The van der Waals surface area contributed by atoms with E-state index in [0.717, 1.165) is 11.4 Å². The van der Waals surface area contributed by atoms with Gasteiger partial charge in [0.2, 0.25) is 0 Å². The minimum atomic E-state index is -3.72. The van der Waals surface area contributed by atoms with Gasteiger partial charge in [0.15, 0.2) is 0 Å². The van der Waals surface area contributed by atoms with E-state index in [4.69, 9.17) is 4.74 Å². The molecule has 0 aliphatic carbocycles. The average molecular weight is 398 g/mol. The fraction of sp³-hybridized carbons (Fsp3) is 0.190. The van der Waals surface area contributed by atoms with Crippen LogP contribution in [0.25, 0.3) is 0 Å². The fourth-order valence-electron chi connectivity index (χ4n) is 2.59. The van der Waals surface area contributed by atoms with E-state index in [0.29, 0.717) is 12.4 Å². The van der Waals surface area contributed by atoms with Gasteiger partial charge in [-0.05, 0) is 80.4 Å². The first kappa shape index (κ1) is 19.7. The van der Waals surface area contributed by atoms with Gasteiger partial charge in [-0.25, -0.2) is 13.4 Å². The zero-order chi connectivity index (χ0) is 20.1. The standard InChI is InChI=1S/C21H23N3O3S/c1-4-27-19-8-10-20(11-9-19)28(25,26)24-21-12-7-18(14-22-21)23-17-6-5-15(2)16(3)13-17/h5-14,23H,4H2,1-3H3,(H,22,24). The summed E-state index contributed by atoms with van der Waals surface area (Å²) in [6.07, 6.45) is 1.59. The van der Waals surface area contributed by atoms with Crippen molar-refractivity contribution in [1.82, 2.24) is 4.98 Å². The first-order chi connectivity index (χ1) is 13.4. The van der Waals surface area contributed by atoms with Crippen LogP contribution in [0, 0.1) is 13.8 Å².